The van der Waals surface area contributed by atoms with Crippen LogP contribution in [-0.2, 0) is 11.2 Å². The van der Waals surface area contributed by atoms with Crippen LogP contribution in [0.3, 0.4) is 0 Å². The highest BCUT2D eigenvalue weighted by molar-refractivity contribution is 5.80. The molecule has 6 heteroatoms. The van der Waals surface area contributed by atoms with E-state index < -0.39 is 4.92 Å². The zero-order chi connectivity index (χ0) is 17.8. The van der Waals surface area contributed by atoms with Gasteiger partial charge >= 0.3 is 0 Å². The lowest BCUT2D eigenvalue weighted by atomic mass is 9.98. The van der Waals surface area contributed by atoms with Crippen LogP contribution in [0.25, 0.3) is 0 Å². The van der Waals surface area contributed by atoms with E-state index in [9.17, 15) is 14.9 Å². The molecule has 0 bridgehead atoms. The van der Waals surface area contributed by atoms with Crippen LogP contribution in [0.15, 0.2) is 48.5 Å². The van der Waals surface area contributed by atoms with Gasteiger partial charge in [-0.2, -0.15) is 0 Å². The van der Waals surface area contributed by atoms with E-state index in [0.29, 0.717) is 24.6 Å². The first kappa shape index (κ1) is 17.0. The van der Waals surface area contributed by atoms with Gasteiger partial charge in [-0.05, 0) is 24.1 Å². The number of carbonyl (C=O) groups is 1. The van der Waals surface area contributed by atoms with Gasteiger partial charge in [0.25, 0.3) is 5.69 Å². The highest BCUT2D eigenvalue weighted by Crippen LogP contribution is 2.29. The lowest BCUT2D eigenvalue weighted by molar-refractivity contribution is -0.385. The summed E-state index contributed by atoms with van der Waals surface area (Å²) in [5.41, 5.74) is 1.65. The molecular formula is C19H20N2O4. The van der Waals surface area contributed by atoms with Gasteiger partial charge in [-0.3, -0.25) is 14.9 Å². The smallest absolute Gasteiger partial charge is 0.273 e. The van der Waals surface area contributed by atoms with Crippen LogP contribution in [0.4, 0.5) is 5.69 Å². The average Bonchev–Trinajstić information content (AvgIpc) is 3.12. The van der Waals surface area contributed by atoms with Gasteiger partial charge in [-0.15, -0.1) is 0 Å². The molecule has 0 saturated carbocycles. The Balaban J connectivity index is 1.65. The Labute approximate surface area is 146 Å². The minimum Gasteiger partial charge on any atom is -0.497 e. The highest BCUT2D eigenvalue weighted by Gasteiger charge is 2.28. The van der Waals surface area contributed by atoms with Crippen LogP contribution in [0.2, 0.25) is 0 Å². The van der Waals surface area contributed by atoms with E-state index >= 15 is 0 Å². The molecule has 2 aromatic carbocycles. The Morgan fingerprint density at radius 2 is 1.96 bits per heavy atom. The zero-order valence-corrected chi connectivity index (χ0v) is 14.1. The molecule has 1 atom stereocenters. The Kier molecular flexibility index (Phi) is 4.97. The van der Waals surface area contributed by atoms with E-state index in [4.69, 9.17) is 4.74 Å². The minimum atomic E-state index is -0.438. The van der Waals surface area contributed by atoms with Crippen LogP contribution in [0.1, 0.15) is 23.5 Å². The molecule has 1 heterocycles. The van der Waals surface area contributed by atoms with Crippen molar-refractivity contribution in [2.45, 2.75) is 18.8 Å². The van der Waals surface area contributed by atoms with E-state index in [2.05, 4.69) is 0 Å². The van der Waals surface area contributed by atoms with Crippen molar-refractivity contribution in [2.24, 2.45) is 0 Å². The number of nitro benzene ring substituents is 1. The normalized spacial score (nSPS) is 16.7. The number of nitro groups is 1. The molecule has 1 fully saturated rings. The Morgan fingerprint density at radius 1 is 1.24 bits per heavy atom. The third kappa shape index (κ3) is 3.79. The fraction of sp³-hybridized carbons (Fsp3) is 0.316. The van der Waals surface area contributed by atoms with Crippen molar-refractivity contribution in [3.63, 3.8) is 0 Å². The van der Waals surface area contributed by atoms with Gasteiger partial charge in [-0.1, -0.05) is 30.3 Å². The van der Waals surface area contributed by atoms with Crippen molar-refractivity contribution in [1.82, 2.24) is 4.90 Å². The van der Waals surface area contributed by atoms with Gasteiger partial charge in [-0.25, -0.2) is 0 Å². The summed E-state index contributed by atoms with van der Waals surface area (Å²) in [6, 6.07) is 14.3. The second-order valence-corrected chi connectivity index (χ2v) is 6.16. The first-order valence-corrected chi connectivity index (χ1v) is 8.22. The molecule has 130 valence electrons. The second kappa shape index (κ2) is 7.34. The summed E-state index contributed by atoms with van der Waals surface area (Å²) in [7, 11) is 1.63. The molecule has 6 nitrogen and oxygen atoms in total. The second-order valence-electron chi connectivity index (χ2n) is 6.16. The summed E-state index contributed by atoms with van der Waals surface area (Å²) < 4.78 is 5.17. The summed E-state index contributed by atoms with van der Waals surface area (Å²) in [6.07, 6.45) is 0.960. The molecule has 0 aliphatic carbocycles. The standard InChI is InChI=1S/C19H20N2O4/c1-25-17-8-6-14(7-9-17)16-10-11-20(13-16)19(22)12-15-4-2-3-5-18(15)21(23)24/h2-9,16H,10-13H2,1H3/t16-/m1/s1. The fourth-order valence-electron chi connectivity index (χ4n) is 3.25. The monoisotopic (exact) mass is 340 g/mol. The van der Waals surface area contributed by atoms with E-state index in [1.807, 2.05) is 24.3 Å². The third-order valence-corrected chi connectivity index (χ3v) is 4.66. The molecule has 1 aliphatic rings. The largest absolute Gasteiger partial charge is 0.497 e. The molecule has 1 amide bonds. The van der Waals surface area contributed by atoms with Crippen molar-refractivity contribution >= 4 is 11.6 Å². The molecule has 0 spiro atoms. The van der Waals surface area contributed by atoms with Crippen LogP contribution in [0.5, 0.6) is 5.75 Å². The number of amides is 1. The van der Waals surface area contributed by atoms with Crippen molar-refractivity contribution < 1.29 is 14.5 Å². The first-order valence-electron chi connectivity index (χ1n) is 8.22. The van der Waals surface area contributed by atoms with Crippen LogP contribution >= 0.6 is 0 Å². The molecule has 3 rings (SSSR count). The van der Waals surface area contributed by atoms with Crippen molar-refractivity contribution in [2.75, 3.05) is 20.2 Å². The van der Waals surface area contributed by atoms with Crippen LogP contribution in [-0.4, -0.2) is 35.9 Å². The molecular weight excluding hydrogens is 320 g/mol. The van der Waals surface area contributed by atoms with Crippen molar-refractivity contribution in [3.05, 3.63) is 69.8 Å². The number of carbonyl (C=O) groups excluding carboxylic acids is 1. The number of hydrogen-bond donors (Lipinski definition) is 0. The molecule has 25 heavy (non-hydrogen) atoms. The summed E-state index contributed by atoms with van der Waals surface area (Å²) >= 11 is 0. The van der Waals surface area contributed by atoms with E-state index in [1.165, 1.54) is 11.6 Å². The van der Waals surface area contributed by atoms with Gasteiger partial charge in [0.2, 0.25) is 5.91 Å². The number of benzene rings is 2. The maximum absolute atomic E-state index is 12.6. The Bertz CT molecular complexity index is 773. The van der Waals surface area contributed by atoms with Gasteiger partial charge < -0.3 is 9.64 Å². The topological polar surface area (TPSA) is 72.7 Å². The summed E-state index contributed by atoms with van der Waals surface area (Å²) in [5, 5.41) is 11.1. The predicted octanol–water partition coefficient (Wildman–Crippen LogP) is 3.16. The molecule has 0 N–H and O–H groups in total. The number of rotatable bonds is 5. The summed E-state index contributed by atoms with van der Waals surface area (Å²) in [4.78, 5) is 25.0. The lowest BCUT2D eigenvalue weighted by Crippen LogP contribution is -2.30. The number of hydrogen-bond acceptors (Lipinski definition) is 4. The number of ether oxygens (including phenoxy) is 1. The molecule has 1 aliphatic heterocycles. The lowest BCUT2D eigenvalue weighted by Gasteiger charge is -2.17. The third-order valence-electron chi connectivity index (χ3n) is 4.66. The summed E-state index contributed by atoms with van der Waals surface area (Å²) in [6.45, 7) is 1.32. The van der Waals surface area contributed by atoms with Gasteiger partial charge in [0, 0.05) is 30.6 Å². The minimum absolute atomic E-state index is 0.00162. The fourth-order valence-corrected chi connectivity index (χ4v) is 3.25. The molecule has 0 unspecified atom stereocenters. The summed E-state index contributed by atoms with van der Waals surface area (Å²) in [5.74, 6) is 1.04. The average molecular weight is 340 g/mol. The van der Waals surface area contributed by atoms with Gasteiger partial charge in [0.1, 0.15) is 5.75 Å². The van der Waals surface area contributed by atoms with Gasteiger partial charge in [0.15, 0.2) is 0 Å². The quantitative estimate of drug-likeness (QED) is 0.619. The number of para-hydroxylation sites is 1. The van der Waals surface area contributed by atoms with Crippen LogP contribution in [0, 0.1) is 10.1 Å². The first-order chi connectivity index (χ1) is 12.1. The van der Waals surface area contributed by atoms with E-state index in [-0.39, 0.29) is 18.0 Å². The number of nitrogens with zero attached hydrogens (tertiary/aromatic N) is 2. The van der Waals surface area contributed by atoms with Crippen molar-refractivity contribution in [1.29, 1.82) is 0 Å². The van der Waals surface area contributed by atoms with Crippen LogP contribution < -0.4 is 4.74 Å². The van der Waals surface area contributed by atoms with E-state index in [1.54, 1.807) is 30.2 Å². The highest BCUT2D eigenvalue weighted by atomic mass is 16.6. The molecule has 2 aromatic rings. The predicted molar refractivity (Wildman–Crippen MR) is 93.7 cm³/mol. The van der Waals surface area contributed by atoms with Gasteiger partial charge in [0.05, 0.1) is 18.5 Å². The van der Waals surface area contributed by atoms with E-state index in [0.717, 1.165) is 12.2 Å². The molecule has 1 saturated heterocycles. The maximum atomic E-state index is 12.6. The number of methoxy groups -OCH3 is 1. The SMILES string of the molecule is COc1ccc([C@@H]2CCN(C(=O)Cc3ccccc3[N+](=O)[O-])C2)cc1. The van der Waals surface area contributed by atoms with Crippen molar-refractivity contribution in [3.8, 4) is 5.75 Å². The zero-order valence-electron chi connectivity index (χ0n) is 14.1. The molecule has 0 aromatic heterocycles. The Hall–Kier alpha value is -2.89. The number of likely N-dealkylation sites (tertiary alicyclic amines) is 1. The molecule has 0 radical (unpaired) electrons. The maximum Gasteiger partial charge on any atom is 0.273 e. The Morgan fingerprint density at radius 3 is 2.64 bits per heavy atom.